The van der Waals surface area contributed by atoms with E-state index >= 15 is 0 Å². The van der Waals surface area contributed by atoms with Crippen molar-refractivity contribution in [3.05, 3.63) is 29.6 Å². The van der Waals surface area contributed by atoms with Crippen LogP contribution in [0.4, 0.5) is 13.2 Å². The van der Waals surface area contributed by atoms with Crippen molar-refractivity contribution in [3.8, 4) is 5.75 Å². The smallest absolute Gasteiger partial charge is 0.387 e. The summed E-state index contributed by atoms with van der Waals surface area (Å²) in [7, 11) is 0. The van der Waals surface area contributed by atoms with Crippen molar-refractivity contribution in [2.24, 2.45) is 0 Å². The average Bonchev–Trinajstić information content (AvgIpc) is 3.04. The van der Waals surface area contributed by atoms with E-state index in [1.165, 1.54) is 6.07 Å². The largest absolute Gasteiger partial charge is 0.434 e. The summed E-state index contributed by atoms with van der Waals surface area (Å²) in [6, 6.07) is 3.03. The molecule has 0 atom stereocenters. The second-order valence-corrected chi connectivity index (χ2v) is 6.12. The van der Waals surface area contributed by atoms with Gasteiger partial charge in [-0.05, 0) is 50.9 Å². The third-order valence-electron chi connectivity index (χ3n) is 4.79. The van der Waals surface area contributed by atoms with Crippen molar-refractivity contribution in [1.29, 1.82) is 0 Å². The third kappa shape index (κ3) is 3.96. The normalized spacial score (nSPS) is 19.0. The predicted octanol–water partition coefficient (Wildman–Crippen LogP) is 3.40. The molecule has 134 valence electrons. The molecule has 24 heavy (non-hydrogen) atoms. The number of nitrogens with one attached hydrogen (secondary N) is 1. The van der Waals surface area contributed by atoms with Gasteiger partial charge in [0.2, 0.25) is 0 Å². The summed E-state index contributed by atoms with van der Waals surface area (Å²) in [6.45, 7) is -0.572. The van der Waals surface area contributed by atoms with E-state index in [2.05, 4.69) is 15.0 Å². The Hall–Kier alpha value is -1.03. The van der Waals surface area contributed by atoms with Crippen molar-refractivity contribution >= 4 is 29.9 Å². The Morgan fingerprint density at radius 2 is 1.96 bits per heavy atom. The van der Waals surface area contributed by atoms with E-state index in [0.29, 0.717) is 6.54 Å². The molecule has 3 rings (SSSR count). The molecule has 2 aliphatic rings. The highest BCUT2D eigenvalue weighted by atomic mass is 127. The van der Waals surface area contributed by atoms with Crippen molar-refractivity contribution in [2.75, 3.05) is 19.6 Å². The van der Waals surface area contributed by atoms with Crippen LogP contribution in [0.1, 0.15) is 36.0 Å². The van der Waals surface area contributed by atoms with Crippen molar-refractivity contribution in [2.45, 2.75) is 37.8 Å². The molecule has 8 heteroatoms. The minimum absolute atomic E-state index is 0. The Bertz CT molecular complexity index is 591. The van der Waals surface area contributed by atoms with Gasteiger partial charge in [-0.15, -0.1) is 24.0 Å². The lowest BCUT2D eigenvalue weighted by molar-refractivity contribution is -0.0503. The number of hydrogen-bond acceptors (Lipinski definition) is 3. The van der Waals surface area contributed by atoms with E-state index in [-0.39, 0.29) is 35.1 Å². The fourth-order valence-corrected chi connectivity index (χ4v) is 3.73. The Morgan fingerprint density at radius 3 is 2.58 bits per heavy atom. The van der Waals surface area contributed by atoms with Gasteiger partial charge < -0.3 is 10.1 Å². The fraction of sp³-hybridized carbons (Fsp3) is 0.562. The molecule has 1 N–H and O–H groups in total. The first kappa shape index (κ1) is 19.3. The van der Waals surface area contributed by atoms with Gasteiger partial charge in [0.15, 0.2) is 0 Å². The van der Waals surface area contributed by atoms with Crippen LogP contribution in [-0.2, 0) is 0 Å². The highest BCUT2D eigenvalue weighted by Crippen LogP contribution is 2.38. The molecule has 0 spiro atoms. The summed E-state index contributed by atoms with van der Waals surface area (Å²) < 4.78 is 42.3. The number of nitrogens with zero attached hydrogens (tertiary/aromatic N) is 1. The van der Waals surface area contributed by atoms with Crippen LogP contribution in [0, 0.1) is 5.82 Å². The second-order valence-electron chi connectivity index (χ2n) is 6.12. The minimum Gasteiger partial charge on any atom is -0.434 e. The monoisotopic (exact) mass is 456 g/mol. The standard InChI is InChI=1S/C16H19F3N2O2.HI/c17-11-3-4-12(13(9-11)23-15(18)19)14(22)20-10-16-5-1-7-21(16)8-2-6-16;/h3-4,9,15H,1-2,5-8,10H2,(H,20,22);1H. The molecular formula is C16H20F3IN2O2. The zero-order valence-electron chi connectivity index (χ0n) is 13.1. The summed E-state index contributed by atoms with van der Waals surface area (Å²) in [6.07, 6.45) is 4.26. The number of rotatable bonds is 5. The maximum atomic E-state index is 13.2. The van der Waals surface area contributed by atoms with Crippen LogP contribution >= 0.6 is 24.0 Å². The predicted molar refractivity (Wildman–Crippen MR) is 93.6 cm³/mol. The van der Waals surface area contributed by atoms with Gasteiger partial charge in [0.05, 0.1) is 5.56 Å². The lowest BCUT2D eigenvalue weighted by atomic mass is 9.94. The van der Waals surface area contributed by atoms with Gasteiger partial charge in [0, 0.05) is 18.2 Å². The third-order valence-corrected chi connectivity index (χ3v) is 4.79. The maximum absolute atomic E-state index is 13.2. The summed E-state index contributed by atoms with van der Waals surface area (Å²) in [4.78, 5) is 14.7. The van der Waals surface area contributed by atoms with Crippen molar-refractivity contribution < 1.29 is 22.7 Å². The van der Waals surface area contributed by atoms with Crippen LogP contribution in [0.3, 0.4) is 0 Å². The molecule has 1 amide bonds. The molecule has 0 radical (unpaired) electrons. The topological polar surface area (TPSA) is 41.6 Å². The molecule has 0 aromatic heterocycles. The average molecular weight is 456 g/mol. The quantitative estimate of drug-likeness (QED) is 0.691. The zero-order chi connectivity index (χ0) is 16.4. The van der Waals surface area contributed by atoms with Crippen LogP contribution in [0.15, 0.2) is 18.2 Å². The van der Waals surface area contributed by atoms with Gasteiger partial charge >= 0.3 is 6.61 Å². The molecule has 2 heterocycles. The van der Waals surface area contributed by atoms with Gasteiger partial charge in [-0.1, -0.05) is 0 Å². The van der Waals surface area contributed by atoms with E-state index in [9.17, 15) is 18.0 Å². The number of carbonyl (C=O) groups excluding carboxylic acids is 1. The first-order valence-corrected chi connectivity index (χ1v) is 7.78. The van der Waals surface area contributed by atoms with Crippen LogP contribution < -0.4 is 10.1 Å². The van der Waals surface area contributed by atoms with E-state index in [1.54, 1.807) is 0 Å². The first-order valence-electron chi connectivity index (χ1n) is 7.78. The Labute approximate surface area is 155 Å². The SMILES string of the molecule is I.O=C(NCC12CCCN1CCC2)c1ccc(F)cc1OC(F)F. The lowest BCUT2D eigenvalue weighted by Crippen LogP contribution is -2.48. The van der Waals surface area contributed by atoms with E-state index in [0.717, 1.165) is 50.9 Å². The number of ether oxygens (including phenoxy) is 1. The van der Waals surface area contributed by atoms with Crippen LogP contribution in [0.2, 0.25) is 0 Å². The summed E-state index contributed by atoms with van der Waals surface area (Å²) in [5.74, 6) is -1.69. The number of amides is 1. The van der Waals surface area contributed by atoms with Gasteiger partial charge in [-0.25, -0.2) is 4.39 Å². The number of halogens is 4. The summed E-state index contributed by atoms with van der Waals surface area (Å²) in [5, 5.41) is 2.81. The van der Waals surface area contributed by atoms with Crippen LogP contribution in [-0.4, -0.2) is 42.6 Å². The van der Waals surface area contributed by atoms with E-state index in [4.69, 9.17) is 0 Å². The van der Waals surface area contributed by atoms with Crippen molar-refractivity contribution in [1.82, 2.24) is 10.2 Å². The van der Waals surface area contributed by atoms with Crippen LogP contribution in [0.25, 0.3) is 0 Å². The molecule has 0 unspecified atom stereocenters. The van der Waals surface area contributed by atoms with Gasteiger partial charge in [0.1, 0.15) is 11.6 Å². The van der Waals surface area contributed by atoms with Crippen LogP contribution in [0.5, 0.6) is 5.75 Å². The molecule has 2 saturated heterocycles. The van der Waals surface area contributed by atoms with Gasteiger partial charge in [-0.3, -0.25) is 9.69 Å². The summed E-state index contributed by atoms with van der Waals surface area (Å²) >= 11 is 0. The molecule has 0 aliphatic carbocycles. The fourth-order valence-electron chi connectivity index (χ4n) is 3.73. The molecule has 0 saturated carbocycles. The molecule has 1 aromatic rings. The minimum atomic E-state index is -3.11. The molecule has 1 aromatic carbocycles. The highest BCUT2D eigenvalue weighted by Gasteiger charge is 2.44. The number of carbonyl (C=O) groups is 1. The molecule has 2 fully saturated rings. The highest BCUT2D eigenvalue weighted by molar-refractivity contribution is 14.0. The summed E-state index contributed by atoms with van der Waals surface area (Å²) in [5.41, 5.74) is -0.0926. The second kappa shape index (κ2) is 7.90. The molecule has 4 nitrogen and oxygen atoms in total. The van der Waals surface area contributed by atoms with E-state index < -0.39 is 24.1 Å². The van der Waals surface area contributed by atoms with Gasteiger partial charge in [0.25, 0.3) is 5.91 Å². The molecule has 0 bridgehead atoms. The molecular weight excluding hydrogens is 436 g/mol. The molecule has 2 aliphatic heterocycles. The number of fused-ring (bicyclic) bond motifs is 1. The van der Waals surface area contributed by atoms with Crippen molar-refractivity contribution in [3.63, 3.8) is 0 Å². The Morgan fingerprint density at radius 1 is 1.29 bits per heavy atom. The Kier molecular flexibility index (Phi) is 6.35. The number of alkyl halides is 2. The van der Waals surface area contributed by atoms with E-state index in [1.807, 2.05) is 0 Å². The Balaban J connectivity index is 0.00000208. The lowest BCUT2D eigenvalue weighted by Gasteiger charge is -2.32. The van der Waals surface area contributed by atoms with Gasteiger partial charge in [-0.2, -0.15) is 8.78 Å². The first-order chi connectivity index (χ1) is 11.0. The maximum Gasteiger partial charge on any atom is 0.387 e. The number of benzene rings is 1. The zero-order valence-corrected chi connectivity index (χ0v) is 15.4. The number of hydrogen-bond donors (Lipinski definition) is 1.